The van der Waals surface area contributed by atoms with Crippen LogP contribution in [0.4, 0.5) is 0 Å². The summed E-state index contributed by atoms with van der Waals surface area (Å²) in [5.41, 5.74) is 1.02. The fourth-order valence-corrected chi connectivity index (χ4v) is 3.61. The van der Waals surface area contributed by atoms with Gasteiger partial charge in [0.05, 0.1) is 0 Å². The average molecular weight is 373 g/mol. The number of carboxylic acids is 1. The number of benzene rings is 1. The Bertz CT molecular complexity index is 609. The highest BCUT2D eigenvalue weighted by Crippen LogP contribution is 2.24. The van der Waals surface area contributed by atoms with Gasteiger partial charge in [-0.05, 0) is 43.5 Å². The first kappa shape index (κ1) is 19.0. The molecule has 1 amide bonds. The summed E-state index contributed by atoms with van der Waals surface area (Å²) in [4.78, 5) is 26.5. The van der Waals surface area contributed by atoms with Crippen LogP contribution >= 0.6 is 23.2 Å². The summed E-state index contributed by atoms with van der Waals surface area (Å²) in [5, 5.41) is 10.3. The van der Waals surface area contributed by atoms with Crippen LogP contribution in [0.3, 0.4) is 0 Å². The van der Waals surface area contributed by atoms with Crippen LogP contribution in [0.5, 0.6) is 0 Å². The lowest BCUT2D eigenvalue weighted by Crippen LogP contribution is -2.42. The van der Waals surface area contributed by atoms with Crippen molar-refractivity contribution in [3.05, 3.63) is 33.8 Å². The number of aliphatic carboxylic acids is 1. The Morgan fingerprint density at radius 1 is 1.29 bits per heavy atom. The largest absolute Gasteiger partial charge is 0.480 e. The molecule has 0 radical (unpaired) electrons. The molecule has 1 atom stereocenters. The van der Waals surface area contributed by atoms with Gasteiger partial charge in [0.1, 0.15) is 6.54 Å². The summed E-state index contributed by atoms with van der Waals surface area (Å²) in [6.45, 7) is 3.62. The van der Waals surface area contributed by atoms with Gasteiger partial charge in [0.25, 0.3) is 0 Å². The Morgan fingerprint density at radius 3 is 2.67 bits per heavy atom. The Balaban J connectivity index is 1.98. The number of hydrogen-bond acceptors (Lipinski definition) is 3. The van der Waals surface area contributed by atoms with Crippen molar-refractivity contribution in [1.29, 1.82) is 0 Å². The minimum absolute atomic E-state index is 0.0238. The second-order valence-corrected chi connectivity index (χ2v) is 6.98. The van der Waals surface area contributed by atoms with E-state index >= 15 is 0 Å². The standard InChI is InChI=1S/C17H22Cl2N2O3/c1-12(22)21(11-17(23)24)15-3-2-7-20(8-6-15)10-13-4-5-14(18)9-16(13)19/h4-5,9,15H,2-3,6-8,10-11H2,1H3,(H,23,24). The molecule has 7 heteroatoms. The van der Waals surface area contributed by atoms with Crippen LogP contribution < -0.4 is 0 Å². The molecule has 1 fully saturated rings. The van der Waals surface area contributed by atoms with Gasteiger partial charge in [0.2, 0.25) is 5.91 Å². The minimum atomic E-state index is -0.973. The fraction of sp³-hybridized carbons (Fsp3) is 0.529. The lowest BCUT2D eigenvalue weighted by Gasteiger charge is -2.29. The van der Waals surface area contributed by atoms with Crippen LogP contribution in [-0.4, -0.2) is 52.5 Å². The molecule has 1 aliphatic rings. The monoisotopic (exact) mass is 372 g/mol. The molecule has 2 rings (SSSR count). The molecule has 5 nitrogen and oxygen atoms in total. The lowest BCUT2D eigenvalue weighted by molar-refractivity contribution is -0.145. The molecule has 1 aliphatic heterocycles. The Kier molecular flexibility index (Phi) is 6.90. The molecule has 0 saturated carbocycles. The van der Waals surface area contributed by atoms with Crippen molar-refractivity contribution in [3.63, 3.8) is 0 Å². The summed E-state index contributed by atoms with van der Waals surface area (Å²) >= 11 is 12.2. The molecule has 1 aromatic rings. The second-order valence-electron chi connectivity index (χ2n) is 6.14. The van der Waals surface area contributed by atoms with Crippen molar-refractivity contribution in [2.45, 2.75) is 38.8 Å². The number of hydrogen-bond donors (Lipinski definition) is 1. The van der Waals surface area contributed by atoms with Crippen LogP contribution in [0.1, 0.15) is 31.7 Å². The zero-order valence-corrected chi connectivity index (χ0v) is 15.2. The Labute approximate surface area is 152 Å². The summed E-state index contributed by atoms with van der Waals surface area (Å²) in [7, 11) is 0. The van der Waals surface area contributed by atoms with Gasteiger partial charge in [-0.1, -0.05) is 29.3 Å². The van der Waals surface area contributed by atoms with E-state index in [9.17, 15) is 9.59 Å². The SMILES string of the molecule is CC(=O)N(CC(=O)O)C1CCCN(Cc2ccc(Cl)cc2Cl)CC1. The number of amides is 1. The predicted molar refractivity (Wildman–Crippen MR) is 94.4 cm³/mol. The highest BCUT2D eigenvalue weighted by molar-refractivity contribution is 6.35. The number of carboxylic acid groups (broad SMARTS) is 1. The van der Waals surface area contributed by atoms with Gasteiger partial charge in [0, 0.05) is 36.1 Å². The number of nitrogens with zero attached hydrogens (tertiary/aromatic N) is 2. The predicted octanol–water partition coefficient (Wildman–Crippen LogP) is 3.28. The molecule has 1 saturated heterocycles. The fourth-order valence-electron chi connectivity index (χ4n) is 3.14. The Morgan fingerprint density at radius 2 is 2.04 bits per heavy atom. The third-order valence-corrected chi connectivity index (χ3v) is 4.94. The third kappa shape index (κ3) is 5.36. The third-order valence-electron chi connectivity index (χ3n) is 4.35. The summed E-state index contributed by atoms with van der Waals surface area (Å²) in [6, 6.07) is 5.47. The van der Waals surface area contributed by atoms with Gasteiger partial charge in [-0.3, -0.25) is 14.5 Å². The van der Waals surface area contributed by atoms with Gasteiger partial charge in [-0.2, -0.15) is 0 Å². The number of likely N-dealkylation sites (tertiary alicyclic amines) is 1. The zero-order valence-electron chi connectivity index (χ0n) is 13.7. The van der Waals surface area contributed by atoms with Gasteiger partial charge in [-0.15, -0.1) is 0 Å². The zero-order chi connectivity index (χ0) is 17.7. The number of halogens is 2. The van der Waals surface area contributed by atoms with E-state index in [2.05, 4.69) is 4.90 Å². The molecular formula is C17H22Cl2N2O3. The van der Waals surface area contributed by atoms with Gasteiger partial charge in [0.15, 0.2) is 0 Å². The highest BCUT2D eigenvalue weighted by atomic mass is 35.5. The van der Waals surface area contributed by atoms with Crippen molar-refractivity contribution in [3.8, 4) is 0 Å². The smallest absolute Gasteiger partial charge is 0.323 e. The van der Waals surface area contributed by atoms with Crippen molar-refractivity contribution >= 4 is 35.1 Å². The van der Waals surface area contributed by atoms with Crippen molar-refractivity contribution in [2.75, 3.05) is 19.6 Å². The topological polar surface area (TPSA) is 60.9 Å². The van der Waals surface area contributed by atoms with E-state index in [1.165, 1.54) is 11.8 Å². The molecule has 1 N–H and O–H groups in total. The summed E-state index contributed by atoms with van der Waals surface area (Å²) in [5.74, 6) is -1.16. The molecule has 1 aromatic carbocycles. The first-order valence-electron chi connectivity index (χ1n) is 8.02. The van der Waals surface area contributed by atoms with E-state index in [0.29, 0.717) is 10.0 Å². The molecule has 24 heavy (non-hydrogen) atoms. The second kappa shape index (κ2) is 8.70. The molecule has 1 heterocycles. The van der Waals surface area contributed by atoms with E-state index in [4.69, 9.17) is 28.3 Å². The van der Waals surface area contributed by atoms with Crippen molar-refractivity contribution < 1.29 is 14.7 Å². The van der Waals surface area contributed by atoms with E-state index in [1.54, 1.807) is 6.07 Å². The summed E-state index contributed by atoms with van der Waals surface area (Å²) in [6.07, 6.45) is 2.50. The maximum absolute atomic E-state index is 11.8. The minimum Gasteiger partial charge on any atom is -0.480 e. The Hall–Kier alpha value is -1.30. The average Bonchev–Trinajstić information content (AvgIpc) is 2.73. The molecular weight excluding hydrogens is 351 g/mol. The molecule has 1 unspecified atom stereocenters. The maximum Gasteiger partial charge on any atom is 0.323 e. The molecule has 0 spiro atoms. The van der Waals surface area contributed by atoms with E-state index < -0.39 is 5.97 Å². The maximum atomic E-state index is 11.8. The van der Waals surface area contributed by atoms with E-state index in [0.717, 1.165) is 44.5 Å². The van der Waals surface area contributed by atoms with Gasteiger partial charge in [-0.25, -0.2) is 0 Å². The van der Waals surface area contributed by atoms with Crippen LogP contribution in [0, 0.1) is 0 Å². The lowest BCUT2D eigenvalue weighted by atomic mass is 10.1. The number of carbonyl (C=O) groups excluding carboxylic acids is 1. The molecule has 0 aromatic heterocycles. The van der Waals surface area contributed by atoms with E-state index in [1.807, 2.05) is 12.1 Å². The first-order valence-corrected chi connectivity index (χ1v) is 8.77. The first-order chi connectivity index (χ1) is 11.4. The molecule has 0 aliphatic carbocycles. The summed E-state index contributed by atoms with van der Waals surface area (Å²) < 4.78 is 0. The quantitative estimate of drug-likeness (QED) is 0.861. The van der Waals surface area contributed by atoms with Crippen LogP contribution in [0.2, 0.25) is 10.0 Å². The van der Waals surface area contributed by atoms with Crippen molar-refractivity contribution in [2.24, 2.45) is 0 Å². The van der Waals surface area contributed by atoms with Crippen LogP contribution in [0.25, 0.3) is 0 Å². The number of rotatable bonds is 5. The van der Waals surface area contributed by atoms with Crippen LogP contribution in [0.15, 0.2) is 18.2 Å². The van der Waals surface area contributed by atoms with E-state index in [-0.39, 0.29) is 18.5 Å². The number of carbonyl (C=O) groups is 2. The van der Waals surface area contributed by atoms with Gasteiger partial charge < -0.3 is 10.0 Å². The molecule has 0 bridgehead atoms. The van der Waals surface area contributed by atoms with Gasteiger partial charge >= 0.3 is 5.97 Å². The molecule has 132 valence electrons. The van der Waals surface area contributed by atoms with Crippen molar-refractivity contribution in [1.82, 2.24) is 9.80 Å². The normalized spacial score (nSPS) is 18.9. The van der Waals surface area contributed by atoms with Crippen LogP contribution in [-0.2, 0) is 16.1 Å². The highest BCUT2D eigenvalue weighted by Gasteiger charge is 2.26.